The first-order chi connectivity index (χ1) is 5.52. The highest BCUT2D eigenvalue weighted by molar-refractivity contribution is 5.70. The Morgan fingerprint density at radius 3 is 2.58 bits per heavy atom. The third-order valence-corrected chi connectivity index (χ3v) is 1.69. The topological polar surface area (TPSA) is 61.5 Å². The highest BCUT2D eigenvalue weighted by Crippen LogP contribution is 2.04. The van der Waals surface area contributed by atoms with E-state index in [9.17, 15) is 4.79 Å². The van der Waals surface area contributed by atoms with Gasteiger partial charge in [-0.05, 0) is 13.3 Å². The summed E-state index contributed by atoms with van der Waals surface area (Å²) in [7, 11) is 1.33. The summed E-state index contributed by atoms with van der Waals surface area (Å²) in [5.74, 6) is -0.373. The molecule has 4 nitrogen and oxygen atoms in total. The molecule has 0 saturated carbocycles. The third-order valence-electron chi connectivity index (χ3n) is 1.69. The van der Waals surface area contributed by atoms with Gasteiger partial charge < -0.3 is 15.2 Å². The molecule has 0 aromatic carbocycles. The molecular weight excluding hydrogens is 158 g/mol. The Kier molecular flexibility index (Phi) is 4.85. The summed E-state index contributed by atoms with van der Waals surface area (Å²) in [4.78, 5) is 10.6. The first-order valence-corrected chi connectivity index (χ1v) is 3.95. The molecule has 0 amide bonds. The second kappa shape index (κ2) is 5.11. The van der Waals surface area contributed by atoms with Crippen LogP contribution in [0.1, 0.15) is 20.3 Å². The number of nitrogens with two attached hydrogens (primary N) is 1. The molecule has 1 unspecified atom stereocenters. The van der Waals surface area contributed by atoms with E-state index in [0.717, 1.165) is 6.42 Å². The SMILES string of the molecule is CCC(C)(N)COCC(=O)OC. The molecule has 0 spiro atoms. The molecular formula is C8H17NO3. The number of carbonyl (C=O) groups is 1. The van der Waals surface area contributed by atoms with E-state index < -0.39 is 0 Å². The highest BCUT2D eigenvalue weighted by Gasteiger charge is 2.16. The zero-order chi connectivity index (χ0) is 9.61. The summed E-state index contributed by atoms with van der Waals surface area (Å²) < 4.78 is 9.44. The third kappa shape index (κ3) is 5.09. The van der Waals surface area contributed by atoms with Crippen LogP contribution in [0.2, 0.25) is 0 Å². The van der Waals surface area contributed by atoms with E-state index in [1.54, 1.807) is 0 Å². The van der Waals surface area contributed by atoms with E-state index in [0.29, 0.717) is 6.61 Å². The number of hydrogen-bond donors (Lipinski definition) is 1. The van der Waals surface area contributed by atoms with Crippen molar-refractivity contribution in [3.8, 4) is 0 Å². The van der Waals surface area contributed by atoms with Crippen LogP contribution < -0.4 is 5.73 Å². The summed E-state index contributed by atoms with van der Waals surface area (Å²) in [6.07, 6.45) is 0.814. The van der Waals surface area contributed by atoms with E-state index in [2.05, 4.69) is 4.74 Å². The normalized spacial score (nSPS) is 15.3. The maximum Gasteiger partial charge on any atom is 0.331 e. The maximum absolute atomic E-state index is 10.6. The Hall–Kier alpha value is -0.610. The molecule has 0 aromatic rings. The second-order valence-corrected chi connectivity index (χ2v) is 3.08. The van der Waals surface area contributed by atoms with Gasteiger partial charge in [0.15, 0.2) is 0 Å². The summed E-state index contributed by atoms with van der Waals surface area (Å²) in [5.41, 5.74) is 5.41. The van der Waals surface area contributed by atoms with Crippen LogP contribution in [0.4, 0.5) is 0 Å². The fourth-order valence-corrected chi connectivity index (χ4v) is 0.529. The number of carbonyl (C=O) groups excluding carboxylic acids is 1. The largest absolute Gasteiger partial charge is 0.467 e. The summed E-state index contributed by atoms with van der Waals surface area (Å²) in [6, 6.07) is 0. The molecule has 0 aliphatic carbocycles. The van der Waals surface area contributed by atoms with Crippen LogP contribution >= 0.6 is 0 Å². The predicted molar refractivity (Wildman–Crippen MR) is 45.7 cm³/mol. The zero-order valence-electron chi connectivity index (χ0n) is 7.92. The lowest BCUT2D eigenvalue weighted by atomic mass is 10.0. The molecule has 0 aliphatic heterocycles. The van der Waals surface area contributed by atoms with E-state index in [1.165, 1.54) is 7.11 Å². The van der Waals surface area contributed by atoms with Gasteiger partial charge in [-0.25, -0.2) is 4.79 Å². The van der Waals surface area contributed by atoms with Crippen molar-refractivity contribution < 1.29 is 14.3 Å². The van der Waals surface area contributed by atoms with Crippen molar-refractivity contribution in [2.75, 3.05) is 20.3 Å². The molecule has 0 saturated heterocycles. The van der Waals surface area contributed by atoms with Gasteiger partial charge in [-0.1, -0.05) is 6.92 Å². The van der Waals surface area contributed by atoms with Crippen LogP contribution in [0.3, 0.4) is 0 Å². The van der Waals surface area contributed by atoms with Crippen molar-refractivity contribution in [2.24, 2.45) is 5.73 Å². The lowest BCUT2D eigenvalue weighted by Gasteiger charge is -2.21. The molecule has 0 aliphatic rings. The number of ether oxygens (including phenoxy) is 2. The molecule has 2 N–H and O–H groups in total. The number of methoxy groups -OCH3 is 1. The molecule has 12 heavy (non-hydrogen) atoms. The number of esters is 1. The second-order valence-electron chi connectivity index (χ2n) is 3.08. The van der Waals surface area contributed by atoms with Crippen molar-refractivity contribution in [3.05, 3.63) is 0 Å². The first kappa shape index (κ1) is 11.4. The average molecular weight is 175 g/mol. The van der Waals surface area contributed by atoms with Gasteiger partial charge in [0.2, 0.25) is 0 Å². The van der Waals surface area contributed by atoms with Gasteiger partial charge in [-0.15, -0.1) is 0 Å². The minimum atomic E-state index is -0.373. The molecule has 4 heteroatoms. The fraction of sp³-hybridized carbons (Fsp3) is 0.875. The van der Waals surface area contributed by atoms with E-state index in [1.807, 2.05) is 13.8 Å². The summed E-state index contributed by atoms with van der Waals surface area (Å²) >= 11 is 0. The monoisotopic (exact) mass is 175 g/mol. The Morgan fingerprint density at radius 2 is 2.17 bits per heavy atom. The zero-order valence-corrected chi connectivity index (χ0v) is 7.92. The fourth-order valence-electron chi connectivity index (χ4n) is 0.529. The Morgan fingerprint density at radius 1 is 1.58 bits per heavy atom. The van der Waals surface area contributed by atoms with Crippen molar-refractivity contribution in [2.45, 2.75) is 25.8 Å². The molecule has 0 aromatic heterocycles. The summed E-state index contributed by atoms with van der Waals surface area (Å²) in [6.45, 7) is 4.20. The predicted octanol–water partition coefficient (Wildman–Crippen LogP) is 0.303. The van der Waals surface area contributed by atoms with Crippen molar-refractivity contribution in [1.82, 2.24) is 0 Å². The lowest BCUT2D eigenvalue weighted by Crippen LogP contribution is -2.40. The van der Waals surface area contributed by atoms with Crippen LogP contribution in [0, 0.1) is 0 Å². The minimum Gasteiger partial charge on any atom is -0.467 e. The van der Waals surface area contributed by atoms with Crippen molar-refractivity contribution >= 4 is 5.97 Å². The van der Waals surface area contributed by atoms with Crippen LogP contribution in [-0.2, 0) is 14.3 Å². The smallest absolute Gasteiger partial charge is 0.331 e. The summed E-state index contributed by atoms with van der Waals surface area (Å²) in [5, 5.41) is 0. The number of rotatable bonds is 5. The van der Waals surface area contributed by atoms with Crippen molar-refractivity contribution in [3.63, 3.8) is 0 Å². The Balaban J connectivity index is 3.49. The van der Waals surface area contributed by atoms with Gasteiger partial charge in [0.25, 0.3) is 0 Å². The molecule has 72 valence electrons. The van der Waals surface area contributed by atoms with Crippen LogP contribution in [0.15, 0.2) is 0 Å². The van der Waals surface area contributed by atoms with Crippen molar-refractivity contribution in [1.29, 1.82) is 0 Å². The quantitative estimate of drug-likeness (QED) is 0.610. The van der Waals surface area contributed by atoms with Gasteiger partial charge in [-0.2, -0.15) is 0 Å². The van der Waals surface area contributed by atoms with Gasteiger partial charge in [-0.3, -0.25) is 0 Å². The van der Waals surface area contributed by atoms with Crippen LogP contribution in [0.5, 0.6) is 0 Å². The van der Waals surface area contributed by atoms with E-state index in [-0.39, 0.29) is 18.1 Å². The maximum atomic E-state index is 10.6. The highest BCUT2D eigenvalue weighted by atomic mass is 16.6. The molecule has 0 radical (unpaired) electrons. The van der Waals surface area contributed by atoms with Gasteiger partial charge >= 0.3 is 5.97 Å². The van der Waals surface area contributed by atoms with Crippen LogP contribution in [-0.4, -0.2) is 31.8 Å². The lowest BCUT2D eigenvalue weighted by molar-refractivity contribution is -0.146. The van der Waals surface area contributed by atoms with Crippen LogP contribution in [0.25, 0.3) is 0 Å². The van der Waals surface area contributed by atoms with Gasteiger partial charge in [0.05, 0.1) is 13.7 Å². The molecule has 0 fully saturated rings. The first-order valence-electron chi connectivity index (χ1n) is 3.95. The molecule has 0 heterocycles. The molecule has 0 rings (SSSR count). The van der Waals surface area contributed by atoms with E-state index >= 15 is 0 Å². The van der Waals surface area contributed by atoms with Gasteiger partial charge in [0.1, 0.15) is 6.61 Å². The number of hydrogen-bond acceptors (Lipinski definition) is 4. The standard InChI is InChI=1S/C8H17NO3/c1-4-8(2,9)6-12-5-7(10)11-3/h4-6,9H2,1-3H3. The van der Waals surface area contributed by atoms with E-state index in [4.69, 9.17) is 10.5 Å². The van der Waals surface area contributed by atoms with Gasteiger partial charge in [0, 0.05) is 5.54 Å². The Labute approximate surface area is 73.0 Å². The Bertz CT molecular complexity index is 145. The molecule has 1 atom stereocenters. The molecule has 0 bridgehead atoms. The average Bonchev–Trinajstić information content (AvgIpc) is 2.04. The minimum absolute atomic E-state index is 0.0245.